The van der Waals surface area contributed by atoms with Crippen LogP contribution in [0.15, 0.2) is 0 Å². The maximum Gasteiger partial charge on any atom is 0.335 e. The molecule has 1 aromatic rings. The van der Waals surface area contributed by atoms with E-state index in [2.05, 4.69) is 17.1 Å². The summed E-state index contributed by atoms with van der Waals surface area (Å²) in [5, 5.41) is 11.6. The summed E-state index contributed by atoms with van der Waals surface area (Å²) in [6.45, 7) is 2.98. The van der Waals surface area contributed by atoms with Crippen LogP contribution in [0.1, 0.15) is 106 Å². The van der Waals surface area contributed by atoms with Crippen molar-refractivity contribution in [3.8, 4) is 0 Å². The second-order valence-electron chi connectivity index (χ2n) is 8.90. The highest BCUT2D eigenvalue weighted by Crippen LogP contribution is 2.41. The summed E-state index contributed by atoms with van der Waals surface area (Å²) in [7, 11) is 0. The van der Waals surface area contributed by atoms with Crippen LogP contribution in [-0.2, 0) is 14.3 Å². The normalized spacial score (nSPS) is 33.7. The summed E-state index contributed by atoms with van der Waals surface area (Å²) in [5.74, 6) is 1.89. The number of ether oxygens (including phenoxy) is 2. The van der Waals surface area contributed by atoms with Gasteiger partial charge in [-0.15, -0.1) is 21.5 Å². The number of esters is 1. The van der Waals surface area contributed by atoms with Gasteiger partial charge in [0, 0.05) is 18.4 Å². The minimum Gasteiger partial charge on any atom is -0.460 e. The number of carbonyl (C=O) groups excluding carboxylic acids is 1. The predicted molar refractivity (Wildman–Crippen MR) is 110 cm³/mol. The fraction of sp³-hybridized carbons (Fsp3) is 0.864. The first-order chi connectivity index (χ1) is 13.7. The molecule has 0 aromatic carbocycles. The van der Waals surface area contributed by atoms with E-state index in [9.17, 15) is 4.79 Å². The molecule has 0 spiro atoms. The molecule has 0 N–H and O–H groups in total. The summed E-state index contributed by atoms with van der Waals surface area (Å²) in [6.07, 6.45) is 13.4. The van der Waals surface area contributed by atoms with Crippen molar-refractivity contribution in [2.45, 2.75) is 108 Å². The van der Waals surface area contributed by atoms with Gasteiger partial charge in [0.1, 0.15) is 16.1 Å². The average molecular weight is 407 g/mol. The van der Waals surface area contributed by atoms with E-state index in [0.29, 0.717) is 18.4 Å². The van der Waals surface area contributed by atoms with Gasteiger partial charge in [0.2, 0.25) is 0 Å². The summed E-state index contributed by atoms with van der Waals surface area (Å²) in [6, 6.07) is 0. The molecule has 1 atom stereocenters. The van der Waals surface area contributed by atoms with Gasteiger partial charge in [0.15, 0.2) is 6.10 Å². The molecule has 1 saturated heterocycles. The maximum absolute atomic E-state index is 12.1. The van der Waals surface area contributed by atoms with Crippen molar-refractivity contribution < 1.29 is 14.3 Å². The second kappa shape index (κ2) is 9.66. The first-order valence-corrected chi connectivity index (χ1v) is 12.2. The molecule has 6 heteroatoms. The van der Waals surface area contributed by atoms with E-state index < -0.39 is 0 Å². The molecule has 1 aliphatic heterocycles. The lowest BCUT2D eigenvalue weighted by atomic mass is 9.80. The summed E-state index contributed by atoms with van der Waals surface area (Å²) in [4.78, 5) is 12.1. The largest absolute Gasteiger partial charge is 0.460 e. The van der Waals surface area contributed by atoms with Gasteiger partial charge in [-0.1, -0.05) is 19.8 Å². The number of carbonyl (C=O) groups is 1. The lowest BCUT2D eigenvalue weighted by Gasteiger charge is -2.28. The molecule has 2 saturated carbocycles. The van der Waals surface area contributed by atoms with Gasteiger partial charge in [-0.3, -0.25) is 0 Å². The first-order valence-electron chi connectivity index (χ1n) is 11.4. The van der Waals surface area contributed by atoms with Crippen LogP contribution in [0.3, 0.4) is 0 Å². The minimum absolute atomic E-state index is 0.0502. The molecule has 5 nitrogen and oxygen atoms in total. The molecular formula is C22H34N2O3S. The Kier molecular flexibility index (Phi) is 6.99. The standard InChI is InChI=1S/C22H34N2O3S/c1-2-4-15-6-8-16(9-7-15)20-23-24-21(28-20)17-10-12-18(13-11-17)27-22(25)19-5-3-14-26-19/h15-19H,2-14H2,1H3. The first kappa shape index (κ1) is 20.3. The van der Waals surface area contributed by atoms with Crippen LogP contribution < -0.4 is 0 Å². The summed E-state index contributed by atoms with van der Waals surface area (Å²) < 4.78 is 11.1. The molecule has 3 fully saturated rings. The molecule has 0 amide bonds. The molecule has 4 rings (SSSR count). The van der Waals surface area contributed by atoms with E-state index in [1.54, 1.807) is 0 Å². The third-order valence-electron chi connectivity index (χ3n) is 6.85. The Labute approximate surface area is 172 Å². The Hall–Kier alpha value is -1.01. The SMILES string of the molecule is CCCC1CCC(c2nnc(C3CCC(OC(=O)C4CCCO4)CC3)s2)CC1. The Bertz CT molecular complexity index is 627. The van der Waals surface area contributed by atoms with Crippen LogP contribution >= 0.6 is 11.3 Å². The zero-order valence-corrected chi connectivity index (χ0v) is 17.9. The Morgan fingerprint density at radius 1 is 1.00 bits per heavy atom. The molecule has 2 heterocycles. The van der Waals surface area contributed by atoms with Crippen LogP contribution in [-0.4, -0.2) is 35.0 Å². The highest BCUT2D eigenvalue weighted by atomic mass is 32.1. The molecule has 1 aromatic heterocycles. The average Bonchev–Trinajstić information content (AvgIpc) is 3.42. The quantitative estimate of drug-likeness (QED) is 0.595. The van der Waals surface area contributed by atoms with Gasteiger partial charge in [0.25, 0.3) is 0 Å². The van der Waals surface area contributed by atoms with Crippen molar-refractivity contribution in [2.75, 3.05) is 6.61 Å². The van der Waals surface area contributed by atoms with Crippen LogP contribution in [0.4, 0.5) is 0 Å². The van der Waals surface area contributed by atoms with Crippen molar-refractivity contribution >= 4 is 17.3 Å². The zero-order chi connectivity index (χ0) is 19.3. The van der Waals surface area contributed by atoms with E-state index in [-0.39, 0.29) is 18.2 Å². The number of hydrogen-bond acceptors (Lipinski definition) is 6. The Morgan fingerprint density at radius 3 is 2.21 bits per heavy atom. The van der Waals surface area contributed by atoms with Crippen molar-refractivity contribution in [2.24, 2.45) is 5.92 Å². The minimum atomic E-state index is -0.323. The van der Waals surface area contributed by atoms with E-state index in [1.807, 2.05) is 11.3 Å². The Balaban J connectivity index is 1.23. The summed E-state index contributed by atoms with van der Waals surface area (Å²) >= 11 is 1.85. The van der Waals surface area contributed by atoms with Crippen LogP contribution in [0.5, 0.6) is 0 Å². The van der Waals surface area contributed by atoms with Gasteiger partial charge in [-0.25, -0.2) is 4.79 Å². The molecular weight excluding hydrogens is 372 g/mol. The third kappa shape index (κ3) is 4.93. The second-order valence-corrected chi connectivity index (χ2v) is 9.94. The van der Waals surface area contributed by atoms with E-state index in [0.717, 1.165) is 44.4 Å². The zero-order valence-electron chi connectivity index (χ0n) is 17.1. The predicted octanol–water partition coefficient (Wildman–Crippen LogP) is 5.36. The van der Waals surface area contributed by atoms with Gasteiger partial charge in [-0.05, 0) is 70.1 Å². The van der Waals surface area contributed by atoms with E-state index >= 15 is 0 Å². The van der Waals surface area contributed by atoms with Crippen LogP contribution in [0.2, 0.25) is 0 Å². The van der Waals surface area contributed by atoms with E-state index in [1.165, 1.54) is 48.5 Å². The van der Waals surface area contributed by atoms with Crippen molar-refractivity contribution in [1.29, 1.82) is 0 Å². The number of rotatable bonds is 6. The van der Waals surface area contributed by atoms with Crippen molar-refractivity contribution in [1.82, 2.24) is 10.2 Å². The van der Waals surface area contributed by atoms with E-state index in [4.69, 9.17) is 9.47 Å². The number of aromatic nitrogens is 2. The summed E-state index contributed by atoms with van der Waals surface area (Å²) in [5.41, 5.74) is 0. The molecule has 3 aliphatic rings. The van der Waals surface area contributed by atoms with Gasteiger partial charge in [0.05, 0.1) is 0 Å². The fourth-order valence-electron chi connectivity index (χ4n) is 5.11. The monoisotopic (exact) mass is 406 g/mol. The fourth-order valence-corrected chi connectivity index (χ4v) is 6.30. The van der Waals surface area contributed by atoms with Crippen molar-refractivity contribution in [3.63, 3.8) is 0 Å². The topological polar surface area (TPSA) is 61.3 Å². The third-order valence-corrected chi connectivity index (χ3v) is 8.10. The van der Waals surface area contributed by atoms with Gasteiger partial charge < -0.3 is 9.47 Å². The lowest BCUT2D eigenvalue weighted by molar-refractivity contribution is -0.161. The highest BCUT2D eigenvalue weighted by Gasteiger charge is 2.32. The number of hydrogen-bond donors (Lipinski definition) is 0. The van der Waals surface area contributed by atoms with Gasteiger partial charge >= 0.3 is 5.97 Å². The van der Waals surface area contributed by atoms with Crippen LogP contribution in [0.25, 0.3) is 0 Å². The Morgan fingerprint density at radius 2 is 1.64 bits per heavy atom. The molecule has 2 aliphatic carbocycles. The highest BCUT2D eigenvalue weighted by molar-refractivity contribution is 7.11. The molecule has 0 bridgehead atoms. The number of nitrogens with zero attached hydrogens (tertiary/aromatic N) is 2. The van der Waals surface area contributed by atoms with Gasteiger partial charge in [-0.2, -0.15) is 0 Å². The van der Waals surface area contributed by atoms with Crippen molar-refractivity contribution in [3.05, 3.63) is 10.0 Å². The molecule has 156 valence electrons. The maximum atomic E-state index is 12.1. The molecule has 1 unspecified atom stereocenters. The molecule has 0 radical (unpaired) electrons. The molecule has 28 heavy (non-hydrogen) atoms. The smallest absolute Gasteiger partial charge is 0.335 e. The van der Waals surface area contributed by atoms with Crippen LogP contribution in [0, 0.1) is 5.92 Å². The lowest BCUT2D eigenvalue weighted by Crippen LogP contribution is -2.30.